The summed E-state index contributed by atoms with van der Waals surface area (Å²) in [5, 5.41) is 0. The van der Waals surface area contributed by atoms with Crippen molar-refractivity contribution in [1.29, 1.82) is 0 Å². The molecule has 0 aromatic heterocycles. The van der Waals surface area contributed by atoms with E-state index in [1.165, 1.54) is 0 Å². The van der Waals surface area contributed by atoms with Gasteiger partial charge in [-0.2, -0.15) is 0 Å². The lowest BCUT2D eigenvalue weighted by Crippen LogP contribution is -2.31. The number of anilines is 1. The Morgan fingerprint density at radius 2 is 1.67 bits per heavy atom. The average molecular weight is 240 g/mol. The molecule has 0 fully saturated rings. The highest BCUT2D eigenvalue weighted by molar-refractivity contribution is 5.80. The molecule has 92 valence electrons. The van der Waals surface area contributed by atoms with E-state index in [0.717, 1.165) is 16.8 Å². The fourth-order valence-corrected chi connectivity index (χ4v) is 1.68. The molecule has 0 saturated carbocycles. The van der Waals surface area contributed by atoms with Gasteiger partial charge in [0, 0.05) is 0 Å². The Morgan fingerprint density at radius 1 is 1.00 bits per heavy atom. The Kier molecular flexibility index (Phi) is 3.97. The molecule has 0 saturated heterocycles. The monoisotopic (exact) mass is 240 g/mol. The lowest BCUT2D eigenvalue weighted by molar-refractivity contribution is -0.119. The molecule has 2 N–H and O–H groups in total. The molecule has 0 bridgehead atoms. The quantitative estimate of drug-likeness (QED) is 0.807. The van der Waals surface area contributed by atoms with Crippen molar-refractivity contribution in [3.63, 3.8) is 0 Å². The van der Waals surface area contributed by atoms with E-state index >= 15 is 0 Å². The van der Waals surface area contributed by atoms with E-state index in [1.54, 1.807) is 0 Å². The summed E-state index contributed by atoms with van der Waals surface area (Å²) >= 11 is 0. The van der Waals surface area contributed by atoms with Gasteiger partial charge in [0.1, 0.15) is 0 Å². The van der Waals surface area contributed by atoms with Crippen LogP contribution in [0.2, 0.25) is 0 Å². The third-order valence-electron chi connectivity index (χ3n) is 2.69. The average Bonchev–Trinajstić information content (AvgIpc) is 2.39. The minimum Gasteiger partial charge on any atom is -0.298 e. The van der Waals surface area contributed by atoms with Crippen LogP contribution in [-0.4, -0.2) is 5.91 Å². The predicted molar refractivity (Wildman–Crippen MR) is 73.1 cm³/mol. The van der Waals surface area contributed by atoms with Crippen molar-refractivity contribution in [2.75, 3.05) is 5.43 Å². The fourth-order valence-electron chi connectivity index (χ4n) is 1.68. The highest BCUT2D eigenvalue weighted by atomic mass is 16.2. The van der Waals surface area contributed by atoms with Gasteiger partial charge in [0.2, 0.25) is 5.91 Å². The molecule has 0 aliphatic rings. The summed E-state index contributed by atoms with van der Waals surface area (Å²) in [6, 6.07) is 17.5. The van der Waals surface area contributed by atoms with Crippen molar-refractivity contribution in [2.24, 2.45) is 0 Å². The first-order chi connectivity index (χ1) is 8.75. The lowest BCUT2D eigenvalue weighted by atomic mass is 10.1. The van der Waals surface area contributed by atoms with Gasteiger partial charge in [-0.25, -0.2) is 0 Å². The molecule has 0 radical (unpaired) electrons. The molecule has 2 rings (SSSR count). The maximum atomic E-state index is 11.7. The summed E-state index contributed by atoms with van der Waals surface area (Å²) in [6.45, 7) is 1.99. The molecule has 0 atom stereocenters. The number of benzene rings is 2. The van der Waals surface area contributed by atoms with Gasteiger partial charge in [-0.05, 0) is 24.1 Å². The number of nitrogens with one attached hydrogen (secondary N) is 2. The normalized spacial score (nSPS) is 9.83. The van der Waals surface area contributed by atoms with E-state index in [4.69, 9.17) is 0 Å². The number of hydrogen-bond acceptors (Lipinski definition) is 2. The molecule has 3 heteroatoms. The number of hydrogen-bond donors (Lipinski definition) is 2. The van der Waals surface area contributed by atoms with Crippen molar-refractivity contribution < 1.29 is 4.79 Å². The van der Waals surface area contributed by atoms with E-state index in [-0.39, 0.29) is 5.91 Å². The summed E-state index contributed by atoms with van der Waals surface area (Å²) in [7, 11) is 0. The first kappa shape index (κ1) is 12.2. The highest BCUT2D eigenvalue weighted by Gasteiger charge is 2.02. The number of rotatable bonds is 4. The Morgan fingerprint density at radius 3 is 2.39 bits per heavy atom. The predicted octanol–water partition coefficient (Wildman–Crippen LogP) is 2.68. The number of hydrazine groups is 1. The Labute approximate surface area is 107 Å². The fraction of sp³-hybridized carbons (Fsp3) is 0.133. The van der Waals surface area contributed by atoms with Crippen LogP contribution in [0.4, 0.5) is 5.69 Å². The highest BCUT2D eigenvalue weighted by Crippen LogP contribution is 2.11. The van der Waals surface area contributed by atoms with Gasteiger partial charge in [-0.3, -0.25) is 15.6 Å². The molecule has 0 aliphatic carbocycles. The summed E-state index contributed by atoms with van der Waals surface area (Å²) in [4.78, 5) is 11.7. The van der Waals surface area contributed by atoms with Crippen LogP contribution in [-0.2, 0) is 11.2 Å². The molecular weight excluding hydrogens is 224 g/mol. The first-order valence-corrected chi connectivity index (χ1v) is 5.90. The third kappa shape index (κ3) is 3.35. The van der Waals surface area contributed by atoms with Gasteiger partial charge in [0.15, 0.2) is 0 Å². The van der Waals surface area contributed by atoms with E-state index in [0.29, 0.717) is 6.42 Å². The summed E-state index contributed by atoms with van der Waals surface area (Å²) in [5.41, 5.74) is 8.64. The molecular formula is C15H16N2O. The van der Waals surface area contributed by atoms with Crippen LogP contribution in [0.3, 0.4) is 0 Å². The largest absolute Gasteiger partial charge is 0.298 e. The van der Waals surface area contributed by atoms with Crippen molar-refractivity contribution in [3.05, 3.63) is 65.7 Å². The molecule has 3 nitrogen and oxygen atoms in total. The number of amides is 1. The van der Waals surface area contributed by atoms with Gasteiger partial charge in [0.05, 0.1) is 12.1 Å². The zero-order valence-corrected chi connectivity index (χ0v) is 10.3. The van der Waals surface area contributed by atoms with Crippen LogP contribution < -0.4 is 10.9 Å². The second kappa shape index (κ2) is 5.87. The van der Waals surface area contributed by atoms with Gasteiger partial charge in [0.25, 0.3) is 0 Å². The van der Waals surface area contributed by atoms with E-state index < -0.39 is 0 Å². The zero-order chi connectivity index (χ0) is 12.8. The van der Waals surface area contributed by atoms with Crippen molar-refractivity contribution in [1.82, 2.24) is 5.43 Å². The van der Waals surface area contributed by atoms with Crippen LogP contribution in [0.1, 0.15) is 11.1 Å². The summed E-state index contributed by atoms with van der Waals surface area (Å²) in [6.07, 6.45) is 0.375. The topological polar surface area (TPSA) is 41.1 Å². The first-order valence-electron chi connectivity index (χ1n) is 5.90. The standard InChI is InChI=1S/C15H16N2O/c1-12-7-5-6-10-14(12)16-17-15(18)11-13-8-3-2-4-9-13/h2-10,16H,11H2,1H3,(H,17,18). The van der Waals surface area contributed by atoms with Crippen LogP contribution >= 0.6 is 0 Å². The van der Waals surface area contributed by atoms with Gasteiger partial charge in [-0.15, -0.1) is 0 Å². The van der Waals surface area contributed by atoms with Crippen LogP contribution in [0.15, 0.2) is 54.6 Å². The number of para-hydroxylation sites is 1. The lowest BCUT2D eigenvalue weighted by Gasteiger charge is -2.10. The Hall–Kier alpha value is -2.29. The van der Waals surface area contributed by atoms with Crippen molar-refractivity contribution >= 4 is 11.6 Å². The van der Waals surface area contributed by atoms with E-state index in [2.05, 4.69) is 10.9 Å². The van der Waals surface area contributed by atoms with E-state index in [9.17, 15) is 4.79 Å². The zero-order valence-electron chi connectivity index (χ0n) is 10.3. The van der Waals surface area contributed by atoms with E-state index in [1.807, 2.05) is 61.5 Å². The number of aryl methyl sites for hydroxylation is 1. The van der Waals surface area contributed by atoms with Crippen LogP contribution in [0.5, 0.6) is 0 Å². The van der Waals surface area contributed by atoms with Gasteiger partial charge < -0.3 is 0 Å². The molecule has 2 aromatic carbocycles. The van der Waals surface area contributed by atoms with Crippen LogP contribution in [0.25, 0.3) is 0 Å². The van der Waals surface area contributed by atoms with Crippen molar-refractivity contribution in [3.8, 4) is 0 Å². The molecule has 1 amide bonds. The van der Waals surface area contributed by atoms with Crippen LogP contribution in [0, 0.1) is 6.92 Å². The second-order valence-corrected chi connectivity index (χ2v) is 4.15. The molecule has 0 heterocycles. The van der Waals surface area contributed by atoms with Gasteiger partial charge >= 0.3 is 0 Å². The van der Waals surface area contributed by atoms with Crippen molar-refractivity contribution in [2.45, 2.75) is 13.3 Å². The molecule has 2 aromatic rings. The SMILES string of the molecule is Cc1ccccc1NNC(=O)Cc1ccccc1. The maximum Gasteiger partial charge on any atom is 0.242 e. The molecule has 18 heavy (non-hydrogen) atoms. The number of carbonyl (C=O) groups excluding carboxylic acids is 1. The Balaban J connectivity index is 1.88. The minimum absolute atomic E-state index is 0.0514. The second-order valence-electron chi connectivity index (χ2n) is 4.15. The maximum absolute atomic E-state index is 11.7. The molecule has 0 aliphatic heterocycles. The number of carbonyl (C=O) groups is 1. The summed E-state index contributed by atoms with van der Waals surface area (Å²) < 4.78 is 0. The minimum atomic E-state index is -0.0514. The Bertz CT molecular complexity index is 523. The van der Waals surface area contributed by atoms with Gasteiger partial charge in [-0.1, -0.05) is 48.5 Å². The smallest absolute Gasteiger partial charge is 0.242 e. The molecule has 0 spiro atoms. The molecule has 0 unspecified atom stereocenters. The third-order valence-corrected chi connectivity index (χ3v) is 2.69. The summed E-state index contributed by atoms with van der Waals surface area (Å²) in [5.74, 6) is -0.0514.